The molecule has 6 nitrogen and oxygen atoms in total. The third-order valence-electron chi connectivity index (χ3n) is 5.75. The summed E-state index contributed by atoms with van der Waals surface area (Å²) >= 11 is 0. The zero-order valence-corrected chi connectivity index (χ0v) is 17.8. The first-order chi connectivity index (χ1) is 14.7. The Morgan fingerprint density at radius 2 is 2.00 bits per heavy atom. The number of hydrogen-bond acceptors (Lipinski definition) is 5. The molecule has 2 aliphatic heterocycles. The fourth-order valence-electron chi connectivity index (χ4n) is 4.23. The average Bonchev–Trinajstić information content (AvgIpc) is 2.79. The van der Waals surface area contributed by atoms with Crippen LogP contribution in [0.1, 0.15) is 61.9 Å². The van der Waals surface area contributed by atoms with Gasteiger partial charge in [-0.05, 0) is 37.8 Å². The summed E-state index contributed by atoms with van der Waals surface area (Å²) in [6.45, 7) is 4.07. The minimum Gasteiger partial charge on any atom is -0.370 e. The molecule has 2 aromatic rings. The summed E-state index contributed by atoms with van der Waals surface area (Å²) in [7, 11) is 1.67. The summed E-state index contributed by atoms with van der Waals surface area (Å²) in [6, 6.07) is 14.4. The molecule has 2 aromatic carbocycles. The van der Waals surface area contributed by atoms with Crippen molar-refractivity contribution in [3.05, 3.63) is 59.2 Å². The number of hydrazone groups is 1. The molecule has 0 radical (unpaired) electrons. The highest BCUT2D eigenvalue weighted by atomic mass is 16.5. The number of fused-ring (bicyclic) bond motifs is 1. The Hall–Kier alpha value is -2.86. The van der Waals surface area contributed by atoms with Gasteiger partial charge >= 0.3 is 0 Å². The highest BCUT2D eigenvalue weighted by Gasteiger charge is 2.24. The number of hydrogen-bond donors (Lipinski definition) is 2. The summed E-state index contributed by atoms with van der Waals surface area (Å²) in [5.41, 5.74) is 8.98. The predicted octanol–water partition coefficient (Wildman–Crippen LogP) is 4.42. The predicted molar refractivity (Wildman–Crippen MR) is 121 cm³/mol. The molecule has 6 heteroatoms. The van der Waals surface area contributed by atoms with E-state index in [-0.39, 0.29) is 12.1 Å². The van der Waals surface area contributed by atoms with E-state index in [0.29, 0.717) is 6.42 Å². The van der Waals surface area contributed by atoms with Crippen LogP contribution in [0.25, 0.3) is 0 Å². The largest absolute Gasteiger partial charge is 0.370 e. The highest BCUT2D eigenvalue weighted by Crippen LogP contribution is 2.32. The number of nitrogens with one attached hydrogen (secondary N) is 2. The number of benzene rings is 2. The maximum atomic E-state index is 12.4. The summed E-state index contributed by atoms with van der Waals surface area (Å²) < 4.78 is 5.52. The van der Waals surface area contributed by atoms with Crippen LogP contribution >= 0.6 is 0 Å². The molecule has 30 heavy (non-hydrogen) atoms. The van der Waals surface area contributed by atoms with E-state index >= 15 is 0 Å². The molecule has 4 rings (SSSR count). The number of rotatable bonds is 6. The van der Waals surface area contributed by atoms with Gasteiger partial charge in [-0.15, -0.1) is 0 Å². The Morgan fingerprint density at radius 1 is 1.20 bits per heavy atom. The van der Waals surface area contributed by atoms with E-state index in [0.717, 1.165) is 53.3 Å². The molecule has 1 unspecified atom stereocenters. The van der Waals surface area contributed by atoms with Crippen LogP contribution in [0.4, 0.5) is 11.4 Å². The number of methoxy groups -OCH3 is 1. The second-order valence-corrected chi connectivity index (χ2v) is 7.87. The average molecular weight is 407 g/mol. The lowest BCUT2D eigenvalue weighted by atomic mass is 9.94. The first-order valence-corrected chi connectivity index (χ1v) is 10.9. The summed E-state index contributed by atoms with van der Waals surface area (Å²) in [6.07, 6.45) is 4.73. The van der Waals surface area contributed by atoms with Gasteiger partial charge in [0.25, 0.3) is 0 Å². The standard InChI is InChI=1S/C24H30N4O2/c1-3-9-22(29)25-20-16-17(12-13-21(20)28-14-7-4-8-15-28)23-18-10-5-6-11-19(18)24(30-2)27-26-23/h5-6,10-13,16,24,27H,3-4,7-9,14-15H2,1-2H3,(H,25,29). The van der Waals surface area contributed by atoms with Crippen LogP contribution in [-0.2, 0) is 9.53 Å². The Morgan fingerprint density at radius 3 is 2.77 bits per heavy atom. The first-order valence-electron chi connectivity index (χ1n) is 10.9. The van der Waals surface area contributed by atoms with Gasteiger partial charge in [0.1, 0.15) is 0 Å². The molecule has 2 N–H and O–H groups in total. The van der Waals surface area contributed by atoms with Gasteiger partial charge in [0.05, 0.1) is 17.1 Å². The van der Waals surface area contributed by atoms with Crippen LogP contribution in [0.15, 0.2) is 47.6 Å². The van der Waals surface area contributed by atoms with Crippen molar-refractivity contribution in [2.45, 2.75) is 45.3 Å². The quantitative estimate of drug-likeness (QED) is 0.745. The van der Waals surface area contributed by atoms with Crippen LogP contribution in [0.5, 0.6) is 0 Å². The Balaban J connectivity index is 1.72. The number of piperidine rings is 1. The van der Waals surface area contributed by atoms with Crippen LogP contribution in [0, 0.1) is 0 Å². The second kappa shape index (κ2) is 9.30. The van der Waals surface area contributed by atoms with Gasteiger partial charge in [0, 0.05) is 43.3 Å². The molecule has 0 aliphatic carbocycles. The SMILES string of the molecule is CCCC(=O)Nc1cc(C2=NNC(OC)c3ccccc32)ccc1N1CCCCC1. The van der Waals surface area contributed by atoms with Crippen molar-refractivity contribution < 1.29 is 9.53 Å². The lowest BCUT2D eigenvalue weighted by Crippen LogP contribution is -2.31. The molecule has 0 spiro atoms. The zero-order valence-electron chi connectivity index (χ0n) is 17.8. The number of carbonyl (C=O) groups is 1. The first kappa shape index (κ1) is 20.4. The fourth-order valence-corrected chi connectivity index (χ4v) is 4.23. The minimum absolute atomic E-state index is 0.0523. The monoisotopic (exact) mass is 406 g/mol. The van der Waals surface area contributed by atoms with E-state index < -0.39 is 0 Å². The van der Waals surface area contributed by atoms with Gasteiger partial charge in [-0.3, -0.25) is 10.2 Å². The topological polar surface area (TPSA) is 66.0 Å². The number of amides is 1. The lowest BCUT2D eigenvalue weighted by molar-refractivity contribution is -0.116. The Labute approximate surface area is 178 Å². The van der Waals surface area contributed by atoms with Crippen LogP contribution in [-0.4, -0.2) is 31.8 Å². The molecule has 0 bridgehead atoms. The maximum Gasteiger partial charge on any atom is 0.224 e. The molecule has 1 atom stereocenters. The molecule has 1 saturated heterocycles. The van der Waals surface area contributed by atoms with Crippen molar-refractivity contribution in [3.8, 4) is 0 Å². The van der Waals surface area contributed by atoms with Gasteiger partial charge in [-0.25, -0.2) is 0 Å². The van der Waals surface area contributed by atoms with E-state index in [2.05, 4.69) is 51.1 Å². The second-order valence-electron chi connectivity index (χ2n) is 7.87. The van der Waals surface area contributed by atoms with Crippen LogP contribution in [0.2, 0.25) is 0 Å². The Bertz CT molecular complexity index is 935. The van der Waals surface area contributed by atoms with E-state index in [1.807, 2.05) is 19.1 Å². The molecular weight excluding hydrogens is 376 g/mol. The summed E-state index contributed by atoms with van der Waals surface area (Å²) in [4.78, 5) is 14.8. The van der Waals surface area contributed by atoms with Crippen molar-refractivity contribution in [2.75, 3.05) is 30.4 Å². The highest BCUT2D eigenvalue weighted by molar-refractivity contribution is 6.15. The van der Waals surface area contributed by atoms with Gasteiger partial charge in [0.2, 0.25) is 5.91 Å². The van der Waals surface area contributed by atoms with Crippen molar-refractivity contribution in [1.82, 2.24) is 5.43 Å². The molecule has 2 aliphatic rings. The van der Waals surface area contributed by atoms with Crippen LogP contribution in [0.3, 0.4) is 0 Å². The summed E-state index contributed by atoms with van der Waals surface area (Å²) in [5, 5.41) is 7.76. The smallest absolute Gasteiger partial charge is 0.224 e. The molecular formula is C24H30N4O2. The van der Waals surface area contributed by atoms with Gasteiger partial charge < -0.3 is 15.0 Å². The lowest BCUT2D eigenvalue weighted by Gasteiger charge is -2.31. The van der Waals surface area contributed by atoms with Crippen LogP contribution < -0.4 is 15.6 Å². The van der Waals surface area contributed by atoms with E-state index in [1.54, 1.807) is 7.11 Å². The molecule has 0 aromatic heterocycles. The summed E-state index contributed by atoms with van der Waals surface area (Å²) in [5.74, 6) is 0.0523. The van der Waals surface area contributed by atoms with Gasteiger partial charge in [0.15, 0.2) is 6.23 Å². The zero-order chi connectivity index (χ0) is 20.9. The molecule has 2 heterocycles. The number of ether oxygens (including phenoxy) is 1. The van der Waals surface area contributed by atoms with Gasteiger partial charge in [-0.1, -0.05) is 37.3 Å². The number of anilines is 2. The normalized spacial score (nSPS) is 18.3. The molecule has 1 amide bonds. The van der Waals surface area contributed by atoms with Gasteiger partial charge in [-0.2, -0.15) is 5.10 Å². The van der Waals surface area contributed by atoms with Crippen molar-refractivity contribution in [1.29, 1.82) is 0 Å². The minimum atomic E-state index is -0.263. The van der Waals surface area contributed by atoms with Crippen molar-refractivity contribution in [3.63, 3.8) is 0 Å². The third kappa shape index (κ3) is 4.19. The van der Waals surface area contributed by atoms with Crippen molar-refractivity contribution >= 4 is 23.0 Å². The van der Waals surface area contributed by atoms with E-state index in [9.17, 15) is 4.79 Å². The number of carbonyl (C=O) groups excluding carboxylic acids is 1. The Kier molecular flexibility index (Phi) is 6.33. The van der Waals surface area contributed by atoms with Crippen molar-refractivity contribution in [2.24, 2.45) is 5.10 Å². The number of nitrogens with zero attached hydrogens (tertiary/aromatic N) is 2. The molecule has 158 valence electrons. The van der Waals surface area contributed by atoms with E-state index in [4.69, 9.17) is 4.74 Å². The molecule has 0 saturated carbocycles. The third-order valence-corrected chi connectivity index (χ3v) is 5.75. The maximum absolute atomic E-state index is 12.4. The fraction of sp³-hybridized carbons (Fsp3) is 0.417. The molecule has 1 fully saturated rings. The van der Waals surface area contributed by atoms with E-state index in [1.165, 1.54) is 19.3 Å².